The van der Waals surface area contributed by atoms with E-state index in [-0.39, 0.29) is 0 Å². The number of hydrogen-bond acceptors (Lipinski definition) is 3. The van der Waals surface area contributed by atoms with Crippen molar-refractivity contribution >= 4 is 10.3 Å². The van der Waals surface area contributed by atoms with Crippen LogP contribution in [-0.4, -0.2) is 8.42 Å². The Morgan fingerprint density at radius 1 is 1.32 bits per heavy atom. The van der Waals surface area contributed by atoms with Crippen molar-refractivity contribution in [1.29, 1.82) is 0 Å². The van der Waals surface area contributed by atoms with Crippen molar-refractivity contribution in [2.24, 2.45) is 22.4 Å². The largest absolute Gasteiger partial charge is 0.380 e. The van der Waals surface area contributed by atoms with Gasteiger partial charge in [0, 0.05) is 0 Å². The summed E-state index contributed by atoms with van der Waals surface area (Å²) in [6.07, 6.45) is 11.4. The fraction of sp³-hybridized carbons (Fsp3) is 0.600. The highest BCUT2D eigenvalue weighted by Gasteiger charge is 2.48. The lowest BCUT2D eigenvalue weighted by Crippen LogP contribution is -2.39. The summed E-state index contributed by atoms with van der Waals surface area (Å²) in [6.45, 7) is 4.47. The monoisotopic (exact) mass is 361 g/mol. The molecule has 0 aliphatic heterocycles. The van der Waals surface area contributed by atoms with Crippen LogP contribution in [0.5, 0.6) is 5.75 Å². The molecule has 0 heterocycles. The molecule has 3 aliphatic rings. The van der Waals surface area contributed by atoms with Gasteiger partial charge in [-0.1, -0.05) is 32.1 Å². The molecule has 0 bridgehead atoms. The van der Waals surface area contributed by atoms with E-state index in [4.69, 9.17) is 9.32 Å². The van der Waals surface area contributed by atoms with Gasteiger partial charge < -0.3 is 4.18 Å². The van der Waals surface area contributed by atoms with Crippen molar-refractivity contribution in [3.8, 4) is 5.75 Å². The Morgan fingerprint density at radius 3 is 2.84 bits per heavy atom. The molecular formula is C20H27NO3S. The van der Waals surface area contributed by atoms with Gasteiger partial charge in [0.1, 0.15) is 5.75 Å². The van der Waals surface area contributed by atoms with Crippen LogP contribution in [0.1, 0.15) is 62.1 Å². The summed E-state index contributed by atoms with van der Waals surface area (Å²) in [4.78, 5) is 0. The molecule has 5 heteroatoms. The number of nitrogens with two attached hydrogens (primary N) is 1. The molecule has 25 heavy (non-hydrogen) atoms. The van der Waals surface area contributed by atoms with E-state index in [0.29, 0.717) is 28.9 Å². The van der Waals surface area contributed by atoms with Gasteiger partial charge in [-0.25, -0.2) is 0 Å². The molecule has 1 aromatic carbocycles. The first-order valence-electron chi connectivity index (χ1n) is 9.35. The third-order valence-electron chi connectivity index (χ3n) is 6.79. The predicted octanol–water partition coefficient (Wildman–Crippen LogP) is 3.85. The fourth-order valence-electron chi connectivity index (χ4n) is 5.55. The van der Waals surface area contributed by atoms with Gasteiger partial charge in [-0.2, -0.15) is 13.6 Å². The summed E-state index contributed by atoms with van der Waals surface area (Å²) >= 11 is 0. The van der Waals surface area contributed by atoms with Crippen LogP contribution in [0, 0.1) is 17.3 Å². The Labute approximate surface area is 150 Å². The van der Waals surface area contributed by atoms with Crippen LogP contribution in [0.4, 0.5) is 0 Å². The van der Waals surface area contributed by atoms with E-state index in [1.807, 2.05) is 13.0 Å². The molecular weight excluding hydrogens is 334 g/mol. The fourth-order valence-corrected chi connectivity index (χ4v) is 5.95. The topological polar surface area (TPSA) is 69.4 Å². The van der Waals surface area contributed by atoms with Gasteiger partial charge >= 0.3 is 10.3 Å². The van der Waals surface area contributed by atoms with Gasteiger partial charge in [-0.15, -0.1) is 0 Å². The normalized spacial score (nSPS) is 33.5. The maximum Gasteiger partial charge on any atom is 0.380 e. The van der Waals surface area contributed by atoms with Gasteiger partial charge in [0.05, 0.1) is 0 Å². The average molecular weight is 362 g/mol. The van der Waals surface area contributed by atoms with E-state index in [0.717, 1.165) is 18.4 Å². The first kappa shape index (κ1) is 17.1. The molecule has 0 aromatic heterocycles. The van der Waals surface area contributed by atoms with Crippen LogP contribution in [0.2, 0.25) is 0 Å². The predicted molar refractivity (Wildman–Crippen MR) is 98.7 cm³/mol. The molecule has 136 valence electrons. The lowest BCUT2D eigenvalue weighted by Gasteiger charge is -2.49. The Bertz CT molecular complexity index is 830. The molecule has 4 nitrogen and oxygen atoms in total. The maximum atomic E-state index is 11.4. The van der Waals surface area contributed by atoms with Crippen LogP contribution in [0.25, 0.3) is 0 Å². The molecule has 2 N–H and O–H groups in total. The summed E-state index contributed by atoms with van der Waals surface area (Å²) in [5.41, 5.74) is 4.03. The van der Waals surface area contributed by atoms with Gasteiger partial charge in [0.2, 0.25) is 0 Å². The van der Waals surface area contributed by atoms with Gasteiger partial charge in [0.25, 0.3) is 0 Å². The number of benzene rings is 1. The van der Waals surface area contributed by atoms with E-state index in [9.17, 15) is 8.42 Å². The summed E-state index contributed by atoms with van der Waals surface area (Å²) in [6, 6.07) is 4.11. The minimum Gasteiger partial charge on any atom is -0.371 e. The summed E-state index contributed by atoms with van der Waals surface area (Å²) in [5.74, 6) is 2.38. The van der Waals surface area contributed by atoms with Crippen LogP contribution in [0.3, 0.4) is 0 Å². The first-order chi connectivity index (χ1) is 11.8. The zero-order valence-corrected chi connectivity index (χ0v) is 15.8. The first-order valence-corrected chi connectivity index (χ1v) is 10.8. The van der Waals surface area contributed by atoms with E-state index >= 15 is 0 Å². The quantitative estimate of drug-likeness (QED) is 0.831. The molecule has 1 fully saturated rings. The third kappa shape index (κ3) is 2.91. The van der Waals surface area contributed by atoms with E-state index < -0.39 is 10.3 Å². The average Bonchev–Trinajstić information content (AvgIpc) is 2.94. The maximum absolute atomic E-state index is 11.4. The van der Waals surface area contributed by atoms with Crippen molar-refractivity contribution < 1.29 is 12.6 Å². The molecule has 3 unspecified atom stereocenters. The molecule has 1 saturated carbocycles. The van der Waals surface area contributed by atoms with Gasteiger partial charge in [-0.3, -0.25) is 0 Å². The van der Waals surface area contributed by atoms with Crippen molar-refractivity contribution in [1.82, 2.24) is 0 Å². The minimum absolute atomic E-state index is 0.406. The minimum atomic E-state index is -3.99. The molecule has 1 aromatic rings. The van der Waals surface area contributed by atoms with E-state index in [1.165, 1.54) is 36.8 Å². The van der Waals surface area contributed by atoms with Crippen molar-refractivity contribution in [3.05, 3.63) is 41.0 Å². The van der Waals surface area contributed by atoms with Crippen molar-refractivity contribution in [2.45, 2.75) is 58.3 Å². The number of aryl methyl sites for hydroxylation is 2. The zero-order chi connectivity index (χ0) is 17.8. The van der Waals surface area contributed by atoms with Crippen LogP contribution in [-0.2, 0) is 23.1 Å². The Morgan fingerprint density at radius 2 is 2.12 bits per heavy atom. The lowest BCUT2D eigenvalue weighted by atomic mass is 9.55. The highest BCUT2D eigenvalue weighted by Crippen LogP contribution is 2.58. The summed E-state index contributed by atoms with van der Waals surface area (Å²) in [7, 11) is -3.99. The molecule has 0 spiro atoms. The van der Waals surface area contributed by atoms with Gasteiger partial charge in [0.15, 0.2) is 0 Å². The second-order valence-electron chi connectivity index (χ2n) is 8.25. The lowest BCUT2D eigenvalue weighted by molar-refractivity contribution is 0.0787. The molecule has 3 aliphatic carbocycles. The molecule has 0 saturated heterocycles. The number of allylic oxidation sites excluding steroid dienone is 2. The zero-order valence-electron chi connectivity index (χ0n) is 15.0. The van der Waals surface area contributed by atoms with E-state index in [1.54, 1.807) is 0 Å². The third-order valence-corrected chi connectivity index (χ3v) is 7.20. The second-order valence-corrected chi connectivity index (χ2v) is 9.40. The Balaban J connectivity index is 1.72. The number of rotatable bonds is 3. The summed E-state index contributed by atoms with van der Waals surface area (Å²) in [5, 5.41) is 5.09. The highest BCUT2D eigenvalue weighted by atomic mass is 32.2. The van der Waals surface area contributed by atoms with Gasteiger partial charge in [-0.05, 0) is 84.5 Å². The molecule has 0 amide bonds. The van der Waals surface area contributed by atoms with Crippen molar-refractivity contribution in [3.63, 3.8) is 0 Å². The highest BCUT2D eigenvalue weighted by molar-refractivity contribution is 7.84. The van der Waals surface area contributed by atoms with Crippen LogP contribution >= 0.6 is 0 Å². The SMILES string of the molecule is CCc1cc2c(cc1OS(N)(=O)=O)CCC1C2CC[C@]2(C)CC=CC12. The molecule has 4 atom stereocenters. The second kappa shape index (κ2) is 5.85. The summed E-state index contributed by atoms with van der Waals surface area (Å²) < 4.78 is 27.8. The Kier molecular flexibility index (Phi) is 4.00. The van der Waals surface area contributed by atoms with E-state index in [2.05, 4.69) is 25.1 Å². The molecule has 4 rings (SSSR count). The Hall–Kier alpha value is -1.33. The smallest absolute Gasteiger partial charge is 0.371 e. The van der Waals surface area contributed by atoms with Crippen LogP contribution < -0.4 is 9.32 Å². The standard InChI is InChI=1S/C20H27NO3S/c1-3-13-11-17-14(12-19(13)24-25(21,22)23)6-7-16-15(17)8-10-20(2)9-4-5-18(16)20/h4-5,11-12,15-16,18H,3,6-10H2,1-2H3,(H2,21,22,23)/t15?,16?,18?,20-/m0/s1. The number of fused-ring (bicyclic) bond motifs is 5. The van der Waals surface area contributed by atoms with Crippen LogP contribution in [0.15, 0.2) is 24.3 Å². The van der Waals surface area contributed by atoms with Crippen molar-refractivity contribution in [2.75, 3.05) is 0 Å². The molecule has 0 radical (unpaired) electrons. The number of hydrogen-bond donors (Lipinski definition) is 1.